The Kier molecular flexibility index (Phi) is 6.57. The average Bonchev–Trinajstić information content (AvgIpc) is 3.43. The van der Waals surface area contributed by atoms with Gasteiger partial charge in [-0.25, -0.2) is 9.37 Å². The molecule has 0 saturated heterocycles. The van der Waals surface area contributed by atoms with Gasteiger partial charge in [0.25, 0.3) is 5.91 Å². The van der Waals surface area contributed by atoms with E-state index >= 15 is 4.39 Å². The van der Waals surface area contributed by atoms with Crippen LogP contribution in [0.15, 0.2) is 95.1 Å². The number of hydrogen-bond donors (Lipinski definition) is 2. The van der Waals surface area contributed by atoms with E-state index in [0.717, 1.165) is 12.0 Å². The molecule has 41 heavy (non-hydrogen) atoms. The molecule has 9 heteroatoms. The van der Waals surface area contributed by atoms with Crippen molar-refractivity contribution in [2.75, 3.05) is 10.2 Å². The number of aromatic hydroxyl groups is 1. The van der Waals surface area contributed by atoms with E-state index < -0.39 is 23.2 Å². The molecule has 4 aromatic rings. The SMILES string of the molecule is CC1(C)CC(=O)C2=C(C1)Nc1c(O)cccc1N(C(=O)c1cocn1)C2c1ccc(OCc2ccccc2)cc1F. The fourth-order valence-electron chi connectivity index (χ4n) is 5.56. The number of allylic oxidation sites excluding steroid dienone is 1. The number of phenols is 1. The van der Waals surface area contributed by atoms with Gasteiger partial charge in [-0.1, -0.05) is 50.2 Å². The molecule has 2 heterocycles. The number of halogens is 1. The maximum absolute atomic E-state index is 16.1. The third-order valence-corrected chi connectivity index (χ3v) is 7.39. The van der Waals surface area contributed by atoms with Gasteiger partial charge in [0, 0.05) is 29.3 Å². The topological polar surface area (TPSA) is 105 Å². The highest BCUT2D eigenvalue weighted by Crippen LogP contribution is 2.51. The summed E-state index contributed by atoms with van der Waals surface area (Å²) in [5, 5.41) is 14.1. The first-order valence-corrected chi connectivity index (χ1v) is 13.2. The number of nitrogens with zero attached hydrogens (tertiary/aromatic N) is 2. The van der Waals surface area contributed by atoms with Gasteiger partial charge in [-0.05, 0) is 41.7 Å². The summed E-state index contributed by atoms with van der Waals surface area (Å²) in [6.07, 6.45) is 2.97. The first kappa shape index (κ1) is 26.3. The van der Waals surface area contributed by atoms with Crippen LogP contribution in [0.5, 0.6) is 11.5 Å². The minimum atomic E-state index is -1.16. The summed E-state index contributed by atoms with van der Waals surface area (Å²) < 4.78 is 27.0. The molecule has 2 N–H and O–H groups in total. The summed E-state index contributed by atoms with van der Waals surface area (Å²) in [5.74, 6) is -1.30. The number of amides is 1. The number of rotatable bonds is 5. The zero-order valence-corrected chi connectivity index (χ0v) is 22.6. The predicted molar refractivity (Wildman–Crippen MR) is 150 cm³/mol. The molecular formula is C32H28FN3O5. The maximum Gasteiger partial charge on any atom is 0.281 e. The molecule has 0 fully saturated rings. The van der Waals surface area contributed by atoms with E-state index in [1.165, 1.54) is 29.4 Å². The summed E-state index contributed by atoms with van der Waals surface area (Å²) >= 11 is 0. The molecule has 1 aliphatic carbocycles. The van der Waals surface area contributed by atoms with Crippen LogP contribution >= 0.6 is 0 Å². The Morgan fingerprint density at radius 3 is 2.68 bits per heavy atom. The van der Waals surface area contributed by atoms with E-state index in [9.17, 15) is 14.7 Å². The lowest BCUT2D eigenvalue weighted by molar-refractivity contribution is -0.118. The van der Waals surface area contributed by atoms with Gasteiger partial charge in [-0.2, -0.15) is 0 Å². The molecule has 8 nitrogen and oxygen atoms in total. The Balaban J connectivity index is 1.51. The average molecular weight is 554 g/mol. The summed E-state index contributed by atoms with van der Waals surface area (Å²) in [7, 11) is 0. The highest BCUT2D eigenvalue weighted by Gasteiger charge is 2.45. The van der Waals surface area contributed by atoms with Crippen LogP contribution in [0.25, 0.3) is 0 Å². The number of carbonyl (C=O) groups excluding carboxylic acids is 2. The number of carbonyl (C=O) groups is 2. The molecule has 3 aromatic carbocycles. The molecule has 1 amide bonds. The zero-order valence-electron chi connectivity index (χ0n) is 22.6. The van der Waals surface area contributed by atoms with E-state index in [1.54, 1.807) is 18.2 Å². The van der Waals surface area contributed by atoms with Crippen molar-refractivity contribution < 1.29 is 28.2 Å². The van der Waals surface area contributed by atoms with Gasteiger partial charge in [-0.3, -0.25) is 14.5 Å². The fraction of sp³-hybridized carbons (Fsp3) is 0.219. The number of benzene rings is 3. The number of aromatic nitrogens is 1. The Labute approximate surface area is 236 Å². The van der Waals surface area contributed by atoms with Crippen LogP contribution in [-0.2, 0) is 11.4 Å². The first-order valence-electron chi connectivity index (χ1n) is 13.2. The number of Topliss-reactive ketones (excluding diaryl/α,β-unsaturated/α-hetero) is 1. The van der Waals surface area contributed by atoms with Gasteiger partial charge in [0.2, 0.25) is 0 Å². The Bertz CT molecular complexity index is 1660. The number of anilines is 2. The number of oxazole rings is 1. The second kappa shape index (κ2) is 10.2. The van der Waals surface area contributed by atoms with Crippen LogP contribution < -0.4 is 15.0 Å². The van der Waals surface area contributed by atoms with Crippen molar-refractivity contribution in [3.8, 4) is 11.5 Å². The Morgan fingerprint density at radius 2 is 1.95 bits per heavy atom. The van der Waals surface area contributed by atoms with Crippen molar-refractivity contribution in [3.05, 3.63) is 113 Å². The van der Waals surface area contributed by atoms with Gasteiger partial charge in [0.1, 0.15) is 35.9 Å². The third-order valence-electron chi connectivity index (χ3n) is 7.39. The quantitative estimate of drug-likeness (QED) is 0.270. The zero-order chi connectivity index (χ0) is 28.7. The molecule has 0 spiro atoms. The van der Waals surface area contributed by atoms with Crippen molar-refractivity contribution >= 4 is 23.1 Å². The van der Waals surface area contributed by atoms with Crippen molar-refractivity contribution in [2.24, 2.45) is 5.41 Å². The molecular weight excluding hydrogens is 525 g/mol. The number of para-hydroxylation sites is 1. The minimum Gasteiger partial charge on any atom is -0.506 e. The minimum absolute atomic E-state index is 0.0276. The van der Waals surface area contributed by atoms with Crippen molar-refractivity contribution in [1.82, 2.24) is 4.98 Å². The largest absolute Gasteiger partial charge is 0.506 e. The Morgan fingerprint density at radius 1 is 1.15 bits per heavy atom. The van der Waals surface area contributed by atoms with Crippen molar-refractivity contribution in [1.29, 1.82) is 0 Å². The molecule has 208 valence electrons. The van der Waals surface area contributed by atoms with Gasteiger partial charge in [-0.15, -0.1) is 0 Å². The summed E-state index contributed by atoms with van der Waals surface area (Å²) in [4.78, 5) is 33.2. The second-order valence-corrected chi connectivity index (χ2v) is 11.0. The molecule has 1 aliphatic heterocycles. The van der Waals surface area contributed by atoms with Crippen LogP contribution in [0.4, 0.5) is 15.8 Å². The molecule has 1 atom stereocenters. The monoisotopic (exact) mass is 553 g/mol. The van der Waals surface area contributed by atoms with E-state index in [4.69, 9.17) is 9.15 Å². The predicted octanol–water partition coefficient (Wildman–Crippen LogP) is 6.56. The number of nitrogens with one attached hydrogen (secondary N) is 1. The smallest absolute Gasteiger partial charge is 0.281 e. The number of hydrogen-bond acceptors (Lipinski definition) is 7. The maximum atomic E-state index is 16.1. The van der Waals surface area contributed by atoms with E-state index in [0.29, 0.717) is 17.9 Å². The molecule has 1 aromatic heterocycles. The van der Waals surface area contributed by atoms with Crippen LogP contribution in [0.3, 0.4) is 0 Å². The highest BCUT2D eigenvalue weighted by atomic mass is 19.1. The summed E-state index contributed by atoms with van der Waals surface area (Å²) in [6, 6.07) is 17.5. The van der Waals surface area contributed by atoms with Crippen molar-refractivity contribution in [3.63, 3.8) is 0 Å². The highest BCUT2D eigenvalue weighted by molar-refractivity contribution is 6.11. The van der Waals surface area contributed by atoms with E-state index in [2.05, 4.69) is 10.3 Å². The molecule has 2 aliphatic rings. The number of fused-ring (bicyclic) bond motifs is 1. The molecule has 0 radical (unpaired) electrons. The van der Waals surface area contributed by atoms with Crippen LogP contribution in [0, 0.1) is 11.2 Å². The third kappa shape index (κ3) is 4.95. The van der Waals surface area contributed by atoms with Gasteiger partial charge in [0.15, 0.2) is 17.9 Å². The second-order valence-electron chi connectivity index (χ2n) is 11.0. The number of ether oxygens (including phenoxy) is 1. The van der Waals surface area contributed by atoms with Crippen molar-refractivity contribution in [2.45, 2.75) is 39.3 Å². The van der Waals surface area contributed by atoms with Crippen LogP contribution in [0.1, 0.15) is 54.3 Å². The van der Waals surface area contributed by atoms with Crippen LogP contribution in [0.2, 0.25) is 0 Å². The normalized spacial score (nSPS) is 17.8. The lowest BCUT2D eigenvalue weighted by atomic mass is 9.73. The number of phenolic OH excluding ortho intramolecular Hbond substituents is 1. The van der Waals surface area contributed by atoms with Gasteiger partial charge < -0.3 is 19.6 Å². The van der Waals surface area contributed by atoms with E-state index in [1.807, 2.05) is 44.2 Å². The Hall–Kier alpha value is -4.92. The standard InChI is InChI=1S/C32H28FN3O5/c1-32(2)14-23-28(27(38)15-32)30(21-12-11-20(13-22(21)33)41-16-19-7-4-3-5-8-19)36(31(39)24-17-40-18-34-24)25-9-6-10-26(37)29(25)35-23/h3-13,17-18,30,35,37H,14-16H2,1-2H3. The molecule has 6 rings (SSSR count). The first-order chi connectivity index (χ1) is 19.7. The fourth-order valence-corrected chi connectivity index (χ4v) is 5.56. The van der Waals surface area contributed by atoms with Crippen LogP contribution in [-0.4, -0.2) is 21.8 Å². The lowest BCUT2D eigenvalue weighted by Gasteiger charge is -2.37. The molecule has 0 bridgehead atoms. The summed E-state index contributed by atoms with van der Waals surface area (Å²) in [5.41, 5.74) is 1.91. The number of ketones is 1. The van der Waals surface area contributed by atoms with Gasteiger partial charge >= 0.3 is 0 Å². The van der Waals surface area contributed by atoms with Gasteiger partial charge in [0.05, 0.1) is 11.7 Å². The lowest BCUT2D eigenvalue weighted by Crippen LogP contribution is -2.40. The van der Waals surface area contributed by atoms with E-state index in [-0.39, 0.29) is 52.8 Å². The molecule has 1 unspecified atom stereocenters. The summed E-state index contributed by atoms with van der Waals surface area (Å²) in [6.45, 7) is 4.19. The molecule has 0 saturated carbocycles.